The van der Waals surface area contributed by atoms with Gasteiger partial charge in [0.05, 0.1) is 49.7 Å². The van der Waals surface area contributed by atoms with Crippen LogP contribution in [0.5, 0.6) is 17.2 Å². The first-order valence-corrected chi connectivity index (χ1v) is 17.4. The summed E-state index contributed by atoms with van der Waals surface area (Å²) in [6.07, 6.45) is 1.77. The topological polar surface area (TPSA) is 88.4 Å². The van der Waals surface area contributed by atoms with Crippen LogP contribution in [-0.4, -0.2) is 30.4 Å². The molecule has 0 spiro atoms. The van der Waals surface area contributed by atoms with Gasteiger partial charge in [0.25, 0.3) is 5.56 Å². The van der Waals surface area contributed by atoms with Crippen molar-refractivity contribution >= 4 is 61.9 Å². The number of thiazole rings is 1. The third-order valence-electron chi connectivity index (χ3n) is 7.21. The minimum Gasteiger partial charge on any atom is -0.493 e. The maximum atomic E-state index is 14.1. The number of benzene rings is 3. The van der Waals surface area contributed by atoms with Gasteiger partial charge in [-0.15, -0.1) is 0 Å². The molecule has 0 saturated heterocycles. The summed E-state index contributed by atoms with van der Waals surface area (Å²) in [6, 6.07) is 16.8. The molecule has 1 aromatic heterocycles. The van der Waals surface area contributed by atoms with Crippen molar-refractivity contribution in [3.63, 3.8) is 0 Å². The van der Waals surface area contributed by atoms with E-state index in [1.165, 1.54) is 16.9 Å². The van der Waals surface area contributed by atoms with E-state index in [0.29, 0.717) is 44.3 Å². The summed E-state index contributed by atoms with van der Waals surface area (Å²) in [5, 5.41) is 0. The van der Waals surface area contributed by atoms with E-state index < -0.39 is 12.0 Å². The van der Waals surface area contributed by atoms with E-state index in [1.807, 2.05) is 38.1 Å². The average Bonchev–Trinajstić information content (AvgIpc) is 3.30. The molecule has 0 saturated carbocycles. The molecular weight excluding hydrogens is 783 g/mol. The molecule has 0 radical (unpaired) electrons. The van der Waals surface area contributed by atoms with Crippen molar-refractivity contribution in [1.29, 1.82) is 0 Å². The van der Waals surface area contributed by atoms with Crippen molar-refractivity contribution in [2.24, 2.45) is 4.99 Å². The van der Waals surface area contributed by atoms with Gasteiger partial charge in [-0.25, -0.2) is 9.79 Å². The molecule has 0 aliphatic carbocycles. The lowest BCUT2D eigenvalue weighted by molar-refractivity contribution is -0.139. The number of carbonyl (C=O) groups is 1. The number of fused-ring (bicyclic) bond motifs is 1. The predicted molar refractivity (Wildman–Crippen MR) is 192 cm³/mol. The van der Waals surface area contributed by atoms with Crippen LogP contribution in [-0.2, 0) is 16.1 Å². The summed E-state index contributed by atoms with van der Waals surface area (Å²) in [5.74, 6) is 1.27. The molecule has 2 heterocycles. The number of carbonyl (C=O) groups excluding carboxylic acids is 1. The van der Waals surface area contributed by atoms with Crippen LogP contribution in [0.25, 0.3) is 6.08 Å². The quantitative estimate of drug-likeness (QED) is 0.129. The molecule has 0 fully saturated rings. The first-order chi connectivity index (χ1) is 22.0. The fraction of sp³-hybridized carbons (Fsp3) is 0.286. The zero-order chi connectivity index (χ0) is 33.1. The number of hydrogen-bond donors (Lipinski definition) is 0. The van der Waals surface area contributed by atoms with Gasteiger partial charge in [-0.05, 0) is 120 Å². The number of allylic oxidation sites excluding steroid dienone is 1. The third-order valence-corrected chi connectivity index (χ3v) is 9.58. The molecule has 5 rings (SSSR count). The van der Waals surface area contributed by atoms with Gasteiger partial charge in [0.15, 0.2) is 16.3 Å². The van der Waals surface area contributed by atoms with Crippen LogP contribution in [0.3, 0.4) is 0 Å². The van der Waals surface area contributed by atoms with Crippen LogP contribution in [0.15, 0.2) is 80.1 Å². The Balaban J connectivity index is 1.57. The zero-order valence-corrected chi connectivity index (χ0v) is 30.9. The molecule has 1 aliphatic rings. The number of ether oxygens (including phenoxy) is 4. The highest BCUT2D eigenvalue weighted by molar-refractivity contribution is 14.1. The van der Waals surface area contributed by atoms with Gasteiger partial charge in [0.2, 0.25) is 0 Å². The van der Waals surface area contributed by atoms with Crippen molar-refractivity contribution in [2.45, 2.75) is 53.4 Å². The molecule has 4 aromatic rings. The fourth-order valence-corrected chi connectivity index (χ4v) is 7.92. The second-order valence-electron chi connectivity index (χ2n) is 11.0. The van der Waals surface area contributed by atoms with Gasteiger partial charge in [-0.3, -0.25) is 9.36 Å². The Labute approximate surface area is 293 Å². The maximum absolute atomic E-state index is 14.1. The Morgan fingerprint density at radius 2 is 1.85 bits per heavy atom. The summed E-state index contributed by atoms with van der Waals surface area (Å²) in [6.45, 7) is 10.1. The van der Waals surface area contributed by atoms with Gasteiger partial charge < -0.3 is 18.9 Å². The molecule has 1 atom stereocenters. The first-order valence-electron chi connectivity index (χ1n) is 14.7. The molecule has 0 unspecified atom stereocenters. The maximum Gasteiger partial charge on any atom is 0.338 e. The third kappa shape index (κ3) is 7.26. The van der Waals surface area contributed by atoms with Gasteiger partial charge in [-0.2, -0.15) is 0 Å². The van der Waals surface area contributed by atoms with E-state index in [2.05, 4.69) is 69.7 Å². The number of hydrogen-bond acceptors (Lipinski definition) is 8. The lowest BCUT2D eigenvalue weighted by Gasteiger charge is -2.25. The molecule has 3 aromatic carbocycles. The number of aryl methyl sites for hydroxylation is 1. The van der Waals surface area contributed by atoms with Crippen molar-refractivity contribution in [3.05, 3.63) is 116 Å². The number of methoxy groups -OCH3 is 1. The normalized spacial score (nSPS) is 14.6. The molecule has 0 bridgehead atoms. The van der Waals surface area contributed by atoms with Crippen molar-refractivity contribution in [2.75, 3.05) is 13.7 Å². The molecule has 0 N–H and O–H groups in total. The van der Waals surface area contributed by atoms with Crippen LogP contribution < -0.4 is 29.1 Å². The van der Waals surface area contributed by atoms with Crippen molar-refractivity contribution in [3.8, 4) is 17.2 Å². The first kappa shape index (κ1) is 33.9. The van der Waals surface area contributed by atoms with E-state index in [9.17, 15) is 9.59 Å². The Hall–Kier alpha value is -3.42. The smallest absolute Gasteiger partial charge is 0.338 e. The Morgan fingerprint density at radius 1 is 1.11 bits per heavy atom. The summed E-state index contributed by atoms with van der Waals surface area (Å²) >= 11 is 7.17. The minimum atomic E-state index is -0.774. The number of aromatic nitrogens is 1. The van der Waals surface area contributed by atoms with E-state index in [1.54, 1.807) is 37.7 Å². The highest BCUT2D eigenvalue weighted by Crippen LogP contribution is 2.37. The van der Waals surface area contributed by atoms with Gasteiger partial charge >= 0.3 is 5.97 Å². The van der Waals surface area contributed by atoms with Gasteiger partial charge in [0, 0.05) is 0 Å². The summed E-state index contributed by atoms with van der Waals surface area (Å²) in [4.78, 5) is 32.6. The molecule has 240 valence electrons. The van der Waals surface area contributed by atoms with Gasteiger partial charge in [0.1, 0.15) is 12.4 Å². The zero-order valence-electron chi connectivity index (χ0n) is 26.4. The Bertz CT molecular complexity index is 1980. The van der Waals surface area contributed by atoms with Crippen molar-refractivity contribution < 1.29 is 23.7 Å². The van der Waals surface area contributed by atoms with E-state index in [-0.39, 0.29) is 18.3 Å². The number of esters is 1. The molecule has 8 nitrogen and oxygen atoms in total. The van der Waals surface area contributed by atoms with E-state index in [0.717, 1.165) is 24.9 Å². The molecule has 1 aliphatic heterocycles. The van der Waals surface area contributed by atoms with Crippen LogP contribution >= 0.6 is 49.9 Å². The molecule has 46 heavy (non-hydrogen) atoms. The summed E-state index contributed by atoms with van der Waals surface area (Å²) in [7, 11) is 1.56. The van der Waals surface area contributed by atoms with E-state index >= 15 is 0 Å². The lowest BCUT2D eigenvalue weighted by Crippen LogP contribution is -2.40. The number of rotatable bonds is 10. The molecule has 11 heteroatoms. The minimum absolute atomic E-state index is 0.0634. The van der Waals surface area contributed by atoms with Crippen LogP contribution in [0.4, 0.5) is 0 Å². The SMILES string of the molecule is CCOC(=O)C1=C(C)N=c2s/c(=C\c3cc(Br)c(OCc4ccc(C)cc4)c(I)c3)c(=O)n2[C@H]1c1ccc(OC(C)C)c(OC)c1. The number of nitrogens with zero attached hydrogens (tertiary/aromatic N) is 2. The van der Waals surface area contributed by atoms with Gasteiger partial charge in [-0.1, -0.05) is 47.2 Å². The fourth-order valence-electron chi connectivity index (χ4n) is 5.10. The van der Waals surface area contributed by atoms with Crippen LogP contribution in [0.2, 0.25) is 0 Å². The monoisotopic (exact) mass is 816 g/mol. The second-order valence-corrected chi connectivity index (χ2v) is 14.0. The summed E-state index contributed by atoms with van der Waals surface area (Å²) in [5.41, 5.74) is 4.28. The standard InChI is InChI=1S/C35H34BrIN2O6S/c1-7-43-34(41)30-21(5)38-35-39(31(30)24-12-13-27(45-19(2)3)28(17-24)42-6)33(40)29(46-35)16-23-14-25(36)32(26(37)15-23)44-18-22-10-8-20(4)9-11-22/h8-17,19,31H,7,18H2,1-6H3/b29-16-/t31-/m0/s1. The largest absolute Gasteiger partial charge is 0.493 e. The number of halogens is 2. The van der Waals surface area contributed by atoms with Crippen LogP contribution in [0.1, 0.15) is 56.0 Å². The predicted octanol–water partition coefficient (Wildman–Crippen LogP) is 6.85. The molecule has 0 amide bonds. The Morgan fingerprint density at radius 3 is 2.50 bits per heavy atom. The Kier molecular flexibility index (Phi) is 10.7. The van der Waals surface area contributed by atoms with Crippen molar-refractivity contribution in [1.82, 2.24) is 4.57 Å². The molecular formula is C35H34BrIN2O6S. The lowest BCUT2D eigenvalue weighted by atomic mass is 9.95. The second kappa shape index (κ2) is 14.6. The average molecular weight is 818 g/mol. The van der Waals surface area contributed by atoms with Crippen LogP contribution in [0, 0.1) is 10.5 Å². The highest BCUT2D eigenvalue weighted by atomic mass is 127. The summed E-state index contributed by atoms with van der Waals surface area (Å²) < 4.78 is 26.9. The van der Waals surface area contributed by atoms with E-state index in [4.69, 9.17) is 23.9 Å². The highest BCUT2D eigenvalue weighted by Gasteiger charge is 2.34.